The van der Waals surface area contributed by atoms with Gasteiger partial charge in [0.1, 0.15) is 24.2 Å². The molecule has 212 valence electrons. The number of carboxylic acids is 1. The van der Waals surface area contributed by atoms with Gasteiger partial charge in [-0.25, -0.2) is 4.79 Å². The van der Waals surface area contributed by atoms with Crippen molar-refractivity contribution >= 4 is 35.6 Å². The largest absolute Gasteiger partial charge is 0.480 e. The first-order valence-corrected chi connectivity index (χ1v) is 11.9. The fraction of sp³-hybridized carbons (Fsp3) is 0.714. The number of carbonyl (C=O) groups excluding carboxylic acids is 4. The Labute approximate surface area is 215 Å². The maximum absolute atomic E-state index is 13.0. The maximum Gasteiger partial charge on any atom is 0.326 e. The van der Waals surface area contributed by atoms with Crippen LogP contribution >= 0.6 is 0 Å². The molecular formula is C21H41N9O7. The van der Waals surface area contributed by atoms with Gasteiger partial charge < -0.3 is 54.8 Å². The molecule has 15 N–H and O–H groups in total. The number of nitrogens with zero attached hydrogens (tertiary/aromatic N) is 1. The Morgan fingerprint density at radius 3 is 1.81 bits per heavy atom. The Hall–Kier alpha value is -3.50. The van der Waals surface area contributed by atoms with Gasteiger partial charge in [0, 0.05) is 13.0 Å². The predicted molar refractivity (Wildman–Crippen MR) is 134 cm³/mol. The predicted octanol–water partition coefficient (Wildman–Crippen LogP) is -4.32. The van der Waals surface area contributed by atoms with Crippen LogP contribution in [0.2, 0.25) is 0 Å². The van der Waals surface area contributed by atoms with Gasteiger partial charge >= 0.3 is 5.97 Å². The van der Waals surface area contributed by atoms with Gasteiger partial charge in [0.05, 0.1) is 6.10 Å². The molecule has 0 saturated heterocycles. The lowest BCUT2D eigenvalue weighted by Crippen LogP contribution is -2.58. The van der Waals surface area contributed by atoms with Crippen LogP contribution in [0.1, 0.15) is 51.9 Å². The number of carboxylic acid groups (broad SMARTS) is 1. The number of nitrogens with one attached hydrogen (secondary N) is 3. The first-order valence-electron chi connectivity index (χ1n) is 11.9. The van der Waals surface area contributed by atoms with Crippen LogP contribution in [-0.2, 0) is 24.0 Å². The topological polar surface area (TPSA) is 304 Å². The number of hydrogen-bond acceptors (Lipinski definition) is 9. The number of aliphatic carboxylic acids is 1. The van der Waals surface area contributed by atoms with E-state index in [-0.39, 0.29) is 44.6 Å². The van der Waals surface area contributed by atoms with Crippen LogP contribution in [0.15, 0.2) is 4.99 Å². The van der Waals surface area contributed by atoms with Crippen LogP contribution in [0.4, 0.5) is 0 Å². The third kappa shape index (κ3) is 14.6. The van der Waals surface area contributed by atoms with E-state index in [1.165, 1.54) is 6.92 Å². The number of unbranched alkanes of at least 4 members (excludes halogenated alkanes) is 1. The Balaban J connectivity index is 5.64. The second kappa shape index (κ2) is 17.9. The van der Waals surface area contributed by atoms with Crippen molar-refractivity contribution in [3.05, 3.63) is 0 Å². The Morgan fingerprint density at radius 2 is 1.32 bits per heavy atom. The highest BCUT2D eigenvalue weighted by molar-refractivity contribution is 5.94. The van der Waals surface area contributed by atoms with E-state index in [1.807, 2.05) is 0 Å². The Bertz CT molecular complexity index is 803. The molecule has 5 atom stereocenters. The Kier molecular flexibility index (Phi) is 16.2. The van der Waals surface area contributed by atoms with Crippen molar-refractivity contribution in [1.29, 1.82) is 0 Å². The summed E-state index contributed by atoms with van der Waals surface area (Å²) < 4.78 is 0. The van der Waals surface area contributed by atoms with Crippen LogP contribution in [0.25, 0.3) is 0 Å². The monoisotopic (exact) mass is 531 g/mol. The van der Waals surface area contributed by atoms with Crippen LogP contribution < -0.4 is 44.6 Å². The minimum absolute atomic E-state index is 0.0296. The zero-order chi connectivity index (χ0) is 28.5. The van der Waals surface area contributed by atoms with Crippen LogP contribution in [0.3, 0.4) is 0 Å². The number of hydrogen-bond donors (Lipinski definition) is 10. The van der Waals surface area contributed by atoms with Crippen molar-refractivity contribution in [2.24, 2.45) is 33.7 Å². The second-order valence-corrected chi connectivity index (χ2v) is 8.53. The summed E-state index contributed by atoms with van der Waals surface area (Å²) in [5.74, 6) is -4.65. The van der Waals surface area contributed by atoms with Crippen molar-refractivity contribution in [3.8, 4) is 0 Å². The van der Waals surface area contributed by atoms with E-state index in [2.05, 4.69) is 20.9 Å². The molecule has 0 spiro atoms. The number of aliphatic imine (C=N–C) groups is 1. The number of rotatable bonds is 19. The standard InChI is InChI=1S/C21H41N9O7/c1-11(31)16(24)19(35)29-12(6-4-10-27-21(25)26)17(33)28-13(7-8-15(23)32)18(34)30-14(20(36)37)5-2-3-9-22/h11-14,16,31H,2-10,22,24H2,1H3,(H2,23,32)(H,28,33)(H,29,35)(H,30,34)(H,36,37)(H4,25,26,27). The summed E-state index contributed by atoms with van der Waals surface area (Å²) in [6.07, 6.45) is -0.317. The Morgan fingerprint density at radius 1 is 0.811 bits per heavy atom. The highest BCUT2D eigenvalue weighted by Crippen LogP contribution is 2.06. The molecule has 0 fully saturated rings. The summed E-state index contributed by atoms with van der Waals surface area (Å²) in [6.45, 7) is 1.79. The molecule has 0 aliphatic carbocycles. The highest BCUT2D eigenvalue weighted by atomic mass is 16.4. The smallest absolute Gasteiger partial charge is 0.326 e. The van der Waals surface area contributed by atoms with Gasteiger partial charge in [-0.3, -0.25) is 24.2 Å². The van der Waals surface area contributed by atoms with Gasteiger partial charge in [-0.05, 0) is 52.0 Å². The molecule has 37 heavy (non-hydrogen) atoms. The van der Waals surface area contributed by atoms with E-state index in [4.69, 9.17) is 28.7 Å². The molecule has 0 aliphatic rings. The first-order chi connectivity index (χ1) is 17.3. The lowest BCUT2D eigenvalue weighted by molar-refractivity contribution is -0.142. The van der Waals surface area contributed by atoms with E-state index in [0.717, 1.165) is 0 Å². The fourth-order valence-corrected chi connectivity index (χ4v) is 3.11. The molecule has 0 radical (unpaired) electrons. The summed E-state index contributed by atoms with van der Waals surface area (Å²) in [6, 6.07) is -5.12. The van der Waals surface area contributed by atoms with Crippen molar-refractivity contribution < 1.29 is 34.2 Å². The van der Waals surface area contributed by atoms with Gasteiger partial charge in [-0.15, -0.1) is 0 Å². The number of carbonyl (C=O) groups is 5. The molecular weight excluding hydrogens is 490 g/mol. The zero-order valence-electron chi connectivity index (χ0n) is 21.0. The van der Waals surface area contributed by atoms with E-state index in [1.54, 1.807) is 0 Å². The SMILES string of the molecule is CC(O)C(N)C(=O)NC(CCCN=C(N)N)C(=O)NC(CCC(N)=O)C(=O)NC(CCCCN)C(=O)O. The van der Waals surface area contributed by atoms with Crippen molar-refractivity contribution in [3.63, 3.8) is 0 Å². The third-order valence-electron chi connectivity index (χ3n) is 5.27. The van der Waals surface area contributed by atoms with E-state index >= 15 is 0 Å². The molecule has 0 aromatic carbocycles. The average Bonchev–Trinajstić information content (AvgIpc) is 2.81. The fourth-order valence-electron chi connectivity index (χ4n) is 3.11. The lowest BCUT2D eigenvalue weighted by Gasteiger charge is -2.25. The second-order valence-electron chi connectivity index (χ2n) is 8.53. The van der Waals surface area contributed by atoms with Crippen molar-refractivity contribution in [2.45, 2.75) is 82.1 Å². The summed E-state index contributed by atoms with van der Waals surface area (Å²) in [5.41, 5.74) is 26.8. The van der Waals surface area contributed by atoms with Gasteiger partial charge in [-0.2, -0.15) is 0 Å². The number of primary amides is 1. The third-order valence-corrected chi connectivity index (χ3v) is 5.27. The molecule has 0 bridgehead atoms. The lowest BCUT2D eigenvalue weighted by atomic mass is 10.0. The van der Waals surface area contributed by atoms with Crippen molar-refractivity contribution in [1.82, 2.24) is 16.0 Å². The minimum Gasteiger partial charge on any atom is -0.480 e. The number of guanidine groups is 1. The number of nitrogens with two attached hydrogens (primary N) is 5. The molecule has 0 aliphatic heterocycles. The summed E-state index contributed by atoms with van der Waals surface area (Å²) in [4.78, 5) is 65.0. The number of aliphatic hydroxyl groups excluding tert-OH is 1. The van der Waals surface area contributed by atoms with Crippen LogP contribution in [0, 0.1) is 0 Å². The molecule has 0 aromatic heterocycles. The normalized spacial score (nSPS) is 14.8. The van der Waals surface area contributed by atoms with Gasteiger partial charge in [-0.1, -0.05) is 0 Å². The highest BCUT2D eigenvalue weighted by Gasteiger charge is 2.31. The van der Waals surface area contributed by atoms with Gasteiger partial charge in [0.15, 0.2) is 5.96 Å². The molecule has 16 nitrogen and oxygen atoms in total. The first kappa shape index (κ1) is 33.5. The average molecular weight is 532 g/mol. The van der Waals surface area contributed by atoms with Crippen LogP contribution in [0.5, 0.6) is 0 Å². The number of amides is 4. The van der Waals surface area contributed by atoms with E-state index < -0.39 is 59.9 Å². The zero-order valence-corrected chi connectivity index (χ0v) is 21.0. The van der Waals surface area contributed by atoms with Crippen molar-refractivity contribution in [2.75, 3.05) is 13.1 Å². The maximum atomic E-state index is 13.0. The summed E-state index contributed by atoms with van der Waals surface area (Å²) in [7, 11) is 0. The minimum atomic E-state index is -1.33. The molecule has 0 heterocycles. The molecule has 0 aromatic rings. The molecule has 0 rings (SSSR count). The quantitative estimate of drug-likeness (QED) is 0.0431. The van der Waals surface area contributed by atoms with Gasteiger partial charge in [0.2, 0.25) is 23.6 Å². The molecule has 4 amide bonds. The molecule has 5 unspecified atom stereocenters. The molecule has 0 saturated carbocycles. The summed E-state index contributed by atoms with van der Waals surface area (Å²) in [5, 5.41) is 26.2. The van der Waals surface area contributed by atoms with Gasteiger partial charge in [0.25, 0.3) is 0 Å². The summed E-state index contributed by atoms with van der Waals surface area (Å²) >= 11 is 0. The molecule has 16 heteroatoms. The number of aliphatic hydroxyl groups is 1. The van der Waals surface area contributed by atoms with E-state index in [9.17, 15) is 34.2 Å². The van der Waals surface area contributed by atoms with E-state index in [0.29, 0.717) is 19.4 Å². The van der Waals surface area contributed by atoms with Crippen LogP contribution in [-0.4, -0.2) is 89.1 Å².